The lowest BCUT2D eigenvalue weighted by molar-refractivity contribution is -0.133. The first-order valence-electron chi connectivity index (χ1n) is 11.5. The zero-order valence-electron chi connectivity index (χ0n) is 19.7. The van der Waals surface area contributed by atoms with E-state index in [0.717, 1.165) is 10.5 Å². The van der Waals surface area contributed by atoms with Crippen molar-refractivity contribution in [3.63, 3.8) is 0 Å². The summed E-state index contributed by atoms with van der Waals surface area (Å²) < 4.78 is 5.15. The number of nitrogens with zero attached hydrogens (tertiary/aromatic N) is 2. The molecule has 4 rings (SSSR count). The molecule has 0 aromatic carbocycles. The Bertz CT molecular complexity index is 966. The minimum absolute atomic E-state index is 0.0332. The van der Waals surface area contributed by atoms with Crippen LogP contribution in [0.15, 0.2) is 24.2 Å². The number of Topliss-reactive ketones (excluding diaryl/α,β-unsaturated/α-hetero) is 1. The van der Waals surface area contributed by atoms with Crippen LogP contribution in [0.2, 0.25) is 0 Å². The van der Waals surface area contributed by atoms with Gasteiger partial charge in [0.2, 0.25) is 12.2 Å². The molecule has 2 saturated heterocycles. The van der Waals surface area contributed by atoms with Gasteiger partial charge in [-0.05, 0) is 45.1 Å². The van der Waals surface area contributed by atoms with Gasteiger partial charge in [-0.3, -0.25) is 20.1 Å². The lowest BCUT2D eigenvalue weighted by Gasteiger charge is -2.27. The molecule has 0 spiro atoms. The number of likely N-dealkylation sites (tertiary alicyclic amines) is 1. The fourth-order valence-electron chi connectivity index (χ4n) is 4.63. The summed E-state index contributed by atoms with van der Waals surface area (Å²) in [6, 6.07) is 0.193. The van der Waals surface area contributed by atoms with Gasteiger partial charge in [0.1, 0.15) is 12.7 Å². The van der Waals surface area contributed by atoms with E-state index in [1.54, 1.807) is 19.2 Å². The van der Waals surface area contributed by atoms with Gasteiger partial charge in [0.25, 0.3) is 5.91 Å². The number of aromatic nitrogens is 1. The van der Waals surface area contributed by atoms with Crippen LogP contribution in [-0.4, -0.2) is 58.9 Å². The number of hydrogen-bond acceptors (Lipinski definition) is 9. The molecule has 1 saturated carbocycles. The number of thiazole rings is 1. The number of ether oxygens (including phenoxy) is 1. The number of fused-ring (bicyclic) bond motifs is 1. The highest BCUT2D eigenvalue weighted by Crippen LogP contribution is 2.32. The number of allylic oxidation sites excluding steroid dienone is 3. The third-order valence-corrected chi connectivity index (χ3v) is 7.65. The van der Waals surface area contributed by atoms with Gasteiger partial charge in [-0.1, -0.05) is 12.8 Å². The lowest BCUT2D eigenvalue weighted by Crippen LogP contribution is -2.60. The van der Waals surface area contributed by atoms with Gasteiger partial charge in [-0.2, -0.15) is 0 Å². The van der Waals surface area contributed by atoms with Gasteiger partial charge in [-0.15, -0.1) is 11.3 Å². The Labute approximate surface area is 203 Å². The van der Waals surface area contributed by atoms with Crippen LogP contribution >= 0.6 is 11.3 Å². The summed E-state index contributed by atoms with van der Waals surface area (Å²) in [5.74, 6) is 0.281. The van der Waals surface area contributed by atoms with Gasteiger partial charge in [0.15, 0.2) is 10.7 Å². The minimum atomic E-state index is -1.16. The van der Waals surface area contributed by atoms with Crippen molar-refractivity contribution >= 4 is 35.0 Å². The number of carbonyl (C=O) groups excluding carboxylic acids is 3. The smallest absolute Gasteiger partial charge is 0.280 e. The zero-order valence-corrected chi connectivity index (χ0v) is 20.5. The summed E-state index contributed by atoms with van der Waals surface area (Å²) in [5, 5.41) is 3.53. The average molecular weight is 491 g/mol. The number of hydrogen-bond donors (Lipinski definition) is 4. The Morgan fingerprint density at radius 3 is 2.71 bits per heavy atom. The third kappa shape index (κ3) is 5.48. The van der Waals surface area contributed by atoms with E-state index in [1.807, 2.05) is 0 Å². The molecule has 34 heavy (non-hydrogen) atoms. The number of nitrogens with one attached hydrogen (secondary N) is 1. The molecule has 3 fully saturated rings. The van der Waals surface area contributed by atoms with Crippen molar-refractivity contribution < 1.29 is 19.1 Å². The lowest BCUT2D eigenvalue weighted by atomic mass is 10.00. The topological polar surface area (TPSA) is 167 Å². The fraction of sp³-hybridized carbons (Fsp3) is 0.565. The van der Waals surface area contributed by atoms with Crippen LogP contribution in [0.5, 0.6) is 0 Å². The van der Waals surface area contributed by atoms with Crippen molar-refractivity contribution in [2.75, 3.05) is 13.2 Å². The highest BCUT2D eigenvalue weighted by Gasteiger charge is 2.56. The number of rotatable bonds is 6. The van der Waals surface area contributed by atoms with E-state index >= 15 is 0 Å². The summed E-state index contributed by atoms with van der Waals surface area (Å²) >= 11 is 1.33. The van der Waals surface area contributed by atoms with E-state index in [2.05, 4.69) is 17.2 Å². The molecule has 2 aliphatic heterocycles. The second kappa shape index (κ2) is 11.1. The maximum absolute atomic E-state index is 12.3. The number of amides is 2. The van der Waals surface area contributed by atoms with Crippen LogP contribution in [0.4, 0.5) is 0 Å². The third-order valence-electron chi connectivity index (χ3n) is 6.60. The first-order chi connectivity index (χ1) is 16.2. The first-order valence-corrected chi connectivity index (χ1v) is 12.3. The molecule has 1 aliphatic carbocycles. The quantitative estimate of drug-likeness (QED) is 0.339. The largest absolute Gasteiger partial charge is 0.404 e. The van der Waals surface area contributed by atoms with Crippen molar-refractivity contribution in [1.29, 1.82) is 0 Å². The molecule has 7 N–H and O–H groups in total. The molecular formula is C23H34N6O4S. The summed E-state index contributed by atoms with van der Waals surface area (Å²) in [6.45, 7) is 4.41. The maximum atomic E-state index is 12.3. The summed E-state index contributed by atoms with van der Waals surface area (Å²) in [7, 11) is 0. The molecular weight excluding hydrogens is 456 g/mol. The Kier molecular flexibility index (Phi) is 8.45. The Hall–Kier alpha value is -2.76. The molecule has 11 heteroatoms. The monoisotopic (exact) mass is 490 g/mol. The van der Waals surface area contributed by atoms with Crippen LogP contribution in [0.1, 0.15) is 60.6 Å². The predicted molar refractivity (Wildman–Crippen MR) is 130 cm³/mol. The Morgan fingerprint density at radius 1 is 1.38 bits per heavy atom. The van der Waals surface area contributed by atoms with E-state index in [-0.39, 0.29) is 30.4 Å². The second-order valence-corrected chi connectivity index (χ2v) is 10.0. The van der Waals surface area contributed by atoms with Crippen LogP contribution in [0.25, 0.3) is 5.57 Å². The molecule has 3 aliphatic rings. The summed E-state index contributed by atoms with van der Waals surface area (Å²) in [6.07, 6.45) is 10.8. The van der Waals surface area contributed by atoms with E-state index in [4.69, 9.17) is 21.9 Å². The van der Waals surface area contributed by atoms with Gasteiger partial charge >= 0.3 is 0 Å². The van der Waals surface area contributed by atoms with Crippen LogP contribution in [-0.2, 0) is 14.3 Å². The van der Waals surface area contributed by atoms with Gasteiger partial charge in [0, 0.05) is 36.3 Å². The Balaban J connectivity index is 0.000000226. The molecule has 0 radical (unpaired) electrons. The first kappa shape index (κ1) is 25.9. The predicted octanol–water partition coefficient (Wildman–Crippen LogP) is 1.09. The highest BCUT2D eigenvalue weighted by molar-refractivity contribution is 7.14. The molecule has 3 atom stereocenters. The van der Waals surface area contributed by atoms with Crippen molar-refractivity contribution in [3.8, 4) is 0 Å². The van der Waals surface area contributed by atoms with Crippen molar-refractivity contribution in [2.45, 2.75) is 63.8 Å². The average Bonchev–Trinajstić information content (AvgIpc) is 3.59. The van der Waals surface area contributed by atoms with Crippen LogP contribution in [0.3, 0.4) is 0 Å². The minimum Gasteiger partial charge on any atom is -0.404 e. The second-order valence-electron chi connectivity index (χ2n) is 8.98. The Morgan fingerprint density at radius 2 is 2.09 bits per heavy atom. The van der Waals surface area contributed by atoms with E-state index < -0.39 is 5.66 Å². The molecule has 186 valence electrons. The molecule has 3 heterocycles. The molecule has 2 amide bonds. The van der Waals surface area contributed by atoms with Gasteiger partial charge in [-0.25, -0.2) is 4.98 Å². The normalized spacial score (nSPS) is 26.1. The standard InChI is InChI=1S/C16H24N4OS.C7H10N2O3/c1-10(18)7-13(8-17)14-9-19-16(22-14)15(21)20-11(2)12-5-3-4-6-12;8-7-5(11)3-12-6(7)1-2-9(7)4-10/h7-9,11-12H,3-6,17-18H2,1-2H3,(H,20,21);4,6H,1-3,8H2/b10-7-,13-8+;/t;6-,7-/m.1/s1. The highest BCUT2D eigenvalue weighted by atomic mass is 32.1. The van der Waals surface area contributed by atoms with Crippen molar-refractivity contribution in [3.05, 3.63) is 34.1 Å². The van der Waals surface area contributed by atoms with Crippen molar-refractivity contribution in [2.24, 2.45) is 23.1 Å². The van der Waals surface area contributed by atoms with E-state index in [0.29, 0.717) is 36.0 Å². The maximum Gasteiger partial charge on any atom is 0.280 e. The number of carbonyl (C=O) groups is 3. The molecule has 10 nitrogen and oxygen atoms in total. The SMILES string of the molecule is C/C(N)=C/C(=C\N)c1cnc(C(=O)NC(C)C2CCCC2)s1.N[C@@]12C(=O)CO[C@@H]1CCN2C=O. The molecule has 1 aromatic rings. The van der Waals surface area contributed by atoms with Gasteiger partial charge in [0.05, 0.1) is 4.88 Å². The van der Waals surface area contributed by atoms with Crippen LogP contribution in [0, 0.1) is 5.92 Å². The van der Waals surface area contributed by atoms with Gasteiger partial charge < -0.3 is 26.4 Å². The fourth-order valence-corrected chi connectivity index (χ4v) is 5.45. The summed E-state index contributed by atoms with van der Waals surface area (Å²) in [5.41, 5.74) is 17.4. The zero-order chi connectivity index (χ0) is 24.9. The number of ketones is 1. The molecule has 1 unspecified atom stereocenters. The summed E-state index contributed by atoms with van der Waals surface area (Å²) in [4.78, 5) is 40.5. The van der Waals surface area contributed by atoms with Crippen LogP contribution < -0.4 is 22.5 Å². The van der Waals surface area contributed by atoms with Crippen molar-refractivity contribution in [1.82, 2.24) is 15.2 Å². The molecule has 1 aromatic heterocycles. The molecule has 0 bridgehead atoms. The van der Waals surface area contributed by atoms with E-state index in [9.17, 15) is 14.4 Å². The number of nitrogens with two attached hydrogens (primary N) is 3. The van der Waals surface area contributed by atoms with E-state index in [1.165, 1.54) is 48.1 Å².